The highest BCUT2D eigenvalue weighted by molar-refractivity contribution is 7.76. The summed E-state index contributed by atoms with van der Waals surface area (Å²) in [6.45, 7) is 0. The first-order chi connectivity index (χ1) is 16.2. The van der Waals surface area contributed by atoms with Gasteiger partial charge in [0, 0.05) is 16.2 Å². The lowest BCUT2D eigenvalue weighted by Gasteiger charge is -2.22. The molecular weight excluding hydrogens is 425 g/mol. The molecule has 1 aliphatic heterocycles. The fraction of sp³-hybridized carbons (Fsp3) is 0.103. The Bertz CT molecular complexity index is 1250. The van der Waals surface area contributed by atoms with Crippen LogP contribution in [0.1, 0.15) is 17.2 Å². The van der Waals surface area contributed by atoms with E-state index in [1.807, 2.05) is 97.1 Å². The zero-order valence-corrected chi connectivity index (χ0v) is 19.4. The minimum absolute atomic E-state index is 0.0206. The van der Waals surface area contributed by atoms with Crippen molar-refractivity contribution in [1.29, 1.82) is 0 Å². The maximum atomic E-state index is 15.0. The molecule has 3 atom stereocenters. The molecule has 0 N–H and O–H groups in total. The number of methoxy groups -OCH3 is 1. The number of rotatable bonds is 7. The third kappa shape index (κ3) is 4.06. The second-order valence-electron chi connectivity index (χ2n) is 8.07. The third-order valence-corrected chi connectivity index (χ3v) is 9.27. The molecule has 0 aromatic heterocycles. The van der Waals surface area contributed by atoms with Crippen molar-refractivity contribution in [2.45, 2.75) is 12.1 Å². The molecule has 0 spiro atoms. The molecule has 1 unspecified atom stereocenters. The van der Waals surface area contributed by atoms with Crippen LogP contribution < -0.4 is 15.3 Å². The SMILES string of the molecule is COc1ccccc1[C@@H]1[C@@H](/C=C/c2ccccc2)N1P(=O)(c1ccccc1)c1ccccc1. The molecule has 4 aromatic carbocycles. The first kappa shape index (κ1) is 21.5. The number of ether oxygens (including phenoxy) is 1. The van der Waals surface area contributed by atoms with Gasteiger partial charge >= 0.3 is 0 Å². The molecule has 0 bridgehead atoms. The molecule has 1 heterocycles. The van der Waals surface area contributed by atoms with Crippen molar-refractivity contribution < 1.29 is 9.30 Å². The third-order valence-electron chi connectivity index (χ3n) is 6.10. The summed E-state index contributed by atoms with van der Waals surface area (Å²) in [6.07, 6.45) is 4.29. The Morgan fingerprint density at radius 2 is 1.24 bits per heavy atom. The van der Waals surface area contributed by atoms with Gasteiger partial charge < -0.3 is 4.74 Å². The Morgan fingerprint density at radius 1 is 0.727 bits per heavy atom. The molecule has 0 amide bonds. The predicted octanol–water partition coefficient (Wildman–Crippen LogP) is 6.06. The van der Waals surface area contributed by atoms with Crippen molar-refractivity contribution in [2.75, 3.05) is 7.11 Å². The fourth-order valence-corrected chi connectivity index (χ4v) is 7.60. The molecule has 3 nitrogen and oxygen atoms in total. The molecule has 0 aliphatic carbocycles. The number of para-hydroxylation sites is 1. The van der Waals surface area contributed by atoms with E-state index >= 15 is 4.57 Å². The average Bonchev–Trinajstić information content (AvgIpc) is 3.63. The summed E-state index contributed by atoms with van der Waals surface area (Å²) in [5.74, 6) is 0.816. The quantitative estimate of drug-likeness (QED) is 0.253. The van der Waals surface area contributed by atoms with Crippen molar-refractivity contribution >= 4 is 24.0 Å². The van der Waals surface area contributed by atoms with Crippen LogP contribution in [-0.4, -0.2) is 17.8 Å². The van der Waals surface area contributed by atoms with Crippen LogP contribution in [0, 0.1) is 0 Å². The second kappa shape index (κ2) is 9.23. The Balaban J connectivity index is 1.64. The van der Waals surface area contributed by atoms with Crippen LogP contribution in [0.2, 0.25) is 0 Å². The normalized spacial score (nSPS) is 20.0. The van der Waals surface area contributed by atoms with Gasteiger partial charge in [-0.15, -0.1) is 0 Å². The van der Waals surface area contributed by atoms with E-state index in [4.69, 9.17) is 4.74 Å². The molecule has 4 aromatic rings. The van der Waals surface area contributed by atoms with Gasteiger partial charge in [-0.25, -0.2) is 4.67 Å². The molecule has 1 aliphatic rings. The highest BCUT2D eigenvalue weighted by Crippen LogP contribution is 2.65. The fourth-order valence-electron chi connectivity index (χ4n) is 4.48. The number of benzene rings is 4. The van der Waals surface area contributed by atoms with Gasteiger partial charge in [0.25, 0.3) is 0 Å². The van der Waals surface area contributed by atoms with Gasteiger partial charge in [-0.2, -0.15) is 0 Å². The summed E-state index contributed by atoms with van der Waals surface area (Å²) in [5.41, 5.74) is 2.17. The highest BCUT2D eigenvalue weighted by Gasteiger charge is 2.58. The lowest BCUT2D eigenvalue weighted by Crippen LogP contribution is -2.22. The van der Waals surface area contributed by atoms with Crippen LogP contribution in [-0.2, 0) is 4.57 Å². The number of hydrogen-bond donors (Lipinski definition) is 0. The van der Waals surface area contributed by atoms with Gasteiger partial charge in [0.2, 0.25) is 7.29 Å². The topological polar surface area (TPSA) is 29.3 Å². The lowest BCUT2D eigenvalue weighted by molar-refractivity contribution is 0.408. The van der Waals surface area contributed by atoms with Crippen molar-refractivity contribution in [1.82, 2.24) is 4.67 Å². The van der Waals surface area contributed by atoms with Gasteiger partial charge in [0.1, 0.15) is 5.75 Å². The summed E-state index contributed by atoms with van der Waals surface area (Å²) in [7, 11) is -1.40. The first-order valence-corrected chi connectivity index (χ1v) is 12.8. The van der Waals surface area contributed by atoms with Crippen LogP contribution in [0.4, 0.5) is 0 Å². The van der Waals surface area contributed by atoms with Crippen LogP contribution >= 0.6 is 7.29 Å². The van der Waals surface area contributed by atoms with Crippen molar-refractivity contribution in [3.05, 3.63) is 132 Å². The van der Waals surface area contributed by atoms with Crippen molar-refractivity contribution in [3.8, 4) is 5.75 Å². The minimum Gasteiger partial charge on any atom is -0.496 e. The van der Waals surface area contributed by atoms with E-state index in [1.54, 1.807) is 7.11 Å². The summed E-state index contributed by atoms with van der Waals surface area (Å²) in [6, 6.07) is 37.9. The van der Waals surface area contributed by atoms with Gasteiger partial charge in [-0.1, -0.05) is 97.1 Å². The molecular formula is C29H26NO2P. The summed E-state index contributed by atoms with van der Waals surface area (Å²) < 4.78 is 22.9. The largest absolute Gasteiger partial charge is 0.496 e. The standard InChI is InChI=1S/C29H26NO2P/c1-32-28-20-12-11-19-26(28)29-27(22-21-23-13-5-2-6-14-23)30(29)33(31,24-15-7-3-8-16-24)25-17-9-4-10-18-25/h2-22,27,29H,1H3/b22-21+/t27-,29-,30?/m1/s1. The highest BCUT2D eigenvalue weighted by atomic mass is 31.2. The van der Waals surface area contributed by atoms with E-state index < -0.39 is 7.29 Å². The Hall–Kier alpha value is -3.39. The van der Waals surface area contributed by atoms with Gasteiger partial charge in [-0.3, -0.25) is 4.57 Å². The molecule has 33 heavy (non-hydrogen) atoms. The van der Waals surface area contributed by atoms with Gasteiger partial charge in [0.15, 0.2) is 0 Å². The predicted molar refractivity (Wildman–Crippen MR) is 137 cm³/mol. The molecule has 164 valence electrons. The van der Waals surface area contributed by atoms with Gasteiger partial charge in [-0.05, 0) is 35.9 Å². The molecule has 0 radical (unpaired) electrons. The minimum atomic E-state index is -3.09. The lowest BCUT2D eigenvalue weighted by atomic mass is 10.1. The van der Waals surface area contributed by atoms with E-state index in [0.29, 0.717) is 0 Å². The zero-order valence-electron chi connectivity index (χ0n) is 18.5. The Morgan fingerprint density at radius 3 is 1.82 bits per heavy atom. The van der Waals surface area contributed by atoms with E-state index in [0.717, 1.165) is 27.5 Å². The number of hydrogen-bond acceptors (Lipinski definition) is 2. The molecule has 1 saturated heterocycles. The van der Waals surface area contributed by atoms with Crippen LogP contribution in [0.15, 0.2) is 121 Å². The molecule has 5 rings (SSSR count). The molecule has 1 fully saturated rings. The molecule has 4 heteroatoms. The van der Waals surface area contributed by atoms with E-state index in [-0.39, 0.29) is 12.1 Å². The first-order valence-electron chi connectivity index (χ1n) is 11.1. The van der Waals surface area contributed by atoms with Crippen LogP contribution in [0.25, 0.3) is 6.08 Å². The maximum absolute atomic E-state index is 15.0. The average molecular weight is 452 g/mol. The summed E-state index contributed by atoms with van der Waals surface area (Å²) in [5, 5.41) is 1.68. The van der Waals surface area contributed by atoms with E-state index in [9.17, 15) is 0 Å². The van der Waals surface area contributed by atoms with Crippen molar-refractivity contribution in [2.24, 2.45) is 0 Å². The smallest absolute Gasteiger partial charge is 0.208 e. The van der Waals surface area contributed by atoms with E-state index in [2.05, 4.69) is 35.0 Å². The van der Waals surface area contributed by atoms with Crippen LogP contribution in [0.3, 0.4) is 0 Å². The molecule has 0 saturated carbocycles. The van der Waals surface area contributed by atoms with E-state index in [1.165, 1.54) is 0 Å². The summed E-state index contributed by atoms with van der Waals surface area (Å²) >= 11 is 0. The maximum Gasteiger partial charge on any atom is 0.208 e. The van der Waals surface area contributed by atoms with Gasteiger partial charge in [0.05, 0.1) is 19.2 Å². The monoisotopic (exact) mass is 451 g/mol. The summed E-state index contributed by atoms with van der Waals surface area (Å²) in [4.78, 5) is 0. The second-order valence-corrected chi connectivity index (χ2v) is 10.7. The number of nitrogens with zero attached hydrogens (tertiary/aromatic N) is 1. The Kier molecular flexibility index (Phi) is 6.00. The Labute approximate surface area is 195 Å². The van der Waals surface area contributed by atoms with Crippen molar-refractivity contribution in [3.63, 3.8) is 0 Å². The van der Waals surface area contributed by atoms with Crippen LogP contribution in [0.5, 0.6) is 5.75 Å². The zero-order chi connectivity index (χ0) is 22.7.